The fourth-order valence-corrected chi connectivity index (χ4v) is 2.58. The van der Waals surface area contributed by atoms with E-state index in [1.54, 1.807) is 12.1 Å². The third kappa shape index (κ3) is 3.59. The lowest BCUT2D eigenvalue weighted by Gasteiger charge is -2.15. The highest BCUT2D eigenvalue weighted by Crippen LogP contribution is 2.25. The lowest BCUT2D eigenvalue weighted by molar-refractivity contribution is 0.0939. The first-order valence-electron chi connectivity index (χ1n) is 6.92. The number of hydrogen-bond acceptors (Lipinski definition) is 3. The van der Waals surface area contributed by atoms with Crippen molar-refractivity contribution in [2.75, 3.05) is 11.9 Å². The maximum atomic E-state index is 12.2. The average Bonchev–Trinajstić information content (AvgIpc) is 2.95. The van der Waals surface area contributed by atoms with Crippen LogP contribution >= 0.6 is 28.6 Å². The minimum atomic E-state index is -0.148. The molecular formula is C16H17BrClN3O. The highest BCUT2D eigenvalue weighted by Gasteiger charge is 2.15. The van der Waals surface area contributed by atoms with Crippen molar-refractivity contribution in [2.24, 2.45) is 0 Å². The summed E-state index contributed by atoms with van der Waals surface area (Å²) in [5, 5.41) is 6.69. The summed E-state index contributed by atoms with van der Waals surface area (Å²) in [6, 6.07) is 9.50. The van der Waals surface area contributed by atoms with Gasteiger partial charge in [-0.2, -0.15) is 0 Å². The molecule has 0 saturated heterocycles. The zero-order chi connectivity index (χ0) is 14.8. The number of anilines is 1. The lowest BCUT2D eigenvalue weighted by Crippen LogP contribution is -2.26. The van der Waals surface area contributed by atoms with E-state index in [1.165, 1.54) is 17.4 Å². The highest BCUT2D eigenvalue weighted by molar-refractivity contribution is 8.93. The number of rotatable bonds is 3. The standard InChI is InChI=1S/C16H16ClN3O.BrH/c1-10(11-2-4-14-12(8-11)6-7-18-14)20-16(21)13-3-5-15(17)19-9-13;/h2-5,8-10,18H,6-7H2,1H3,(H,20,21);1H/t10-;/m1./s1. The van der Waals surface area contributed by atoms with Crippen molar-refractivity contribution in [1.29, 1.82) is 0 Å². The fraction of sp³-hybridized carbons (Fsp3) is 0.250. The van der Waals surface area contributed by atoms with Crippen molar-refractivity contribution in [1.82, 2.24) is 10.3 Å². The van der Waals surface area contributed by atoms with Gasteiger partial charge in [-0.25, -0.2) is 4.98 Å². The van der Waals surface area contributed by atoms with E-state index in [4.69, 9.17) is 11.6 Å². The van der Waals surface area contributed by atoms with Crippen LogP contribution in [-0.2, 0) is 6.42 Å². The molecule has 1 aliphatic rings. The zero-order valence-electron chi connectivity index (χ0n) is 12.1. The molecule has 1 aromatic carbocycles. The maximum Gasteiger partial charge on any atom is 0.253 e. The number of amides is 1. The smallest absolute Gasteiger partial charge is 0.253 e. The Balaban J connectivity index is 0.00000176. The molecule has 0 radical (unpaired) electrons. The molecule has 0 spiro atoms. The Morgan fingerprint density at radius 1 is 1.36 bits per heavy atom. The Hall–Kier alpha value is -1.59. The van der Waals surface area contributed by atoms with Gasteiger partial charge in [0.25, 0.3) is 5.91 Å². The number of pyridine rings is 1. The number of halogens is 2. The number of carbonyl (C=O) groups is 1. The molecule has 1 atom stereocenters. The molecule has 116 valence electrons. The van der Waals surface area contributed by atoms with Gasteiger partial charge in [0.1, 0.15) is 5.15 Å². The highest BCUT2D eigenvalue weighted by atomic mass is 79.9. The second kappa shape index (κ2) is 7.11. The molecule has 3 rings (SSSR count). The van der Waals surface area contributed by atoms with Crippen LogP contribution in [-0.4, -0.2) is 17.4 Å². The van der Waals surface area contributed by atoms with E-state index >= 15 is 0 Å². The van der Waals surface area contributed by atoms with Gasteiger partial charge in [-0.05, 0) is 42.7 Å². The number of nitrogens with zero attached hydrogens (tertiary/aromatic N) is 1. The topological polar surface area (TPSA) is 54.0 Å². The summed E-state index contributed by atoms with van der Waals surface area (Å²) in [4.78, 5) is 16.1. The number of carbonyl (C=O) groups excluding carboxylic acids is 1. The molecule has 2 aromatic rings. The van der Waals surface area contributed by atoms with E-state index in [0.717, 1.165) is 18.5 Å². The van der Waals surface area contributed by atoms with Crippen LogP contribution in [0.25, 0.3) is 0 Å². The Morgan fingerprint density at radius 2 is 2.18 bits per heavy atom. The summed E-state index contributed by atoms with van der Waals surface area (Å²) in [6.07, 6.45) is 2.52. The maximum absolute atomic E-state index is 12.2. The number of aromatic nitrogens is 1. The molecule has 1 aliphatic heterocycles. The molecule has 4 nitrogen and oxygen atoms in total. The van der Waals surface area contributed by atoms with Gasteiger partial charge in [-0.3, -0.25) is 4.79 Å². The summed E-state index contributed by atoms with van der Waals surface area (Å²) in [7, 11) is 0. The SMILES string of the molecule is Br.C[C@@H](NC(=O)c1ccc(Cl)nc1)c1ccc2c(c1)CCN2. The lowest BCUT2D eigenvalue weighted by atomic mass is 10.0. The monoisotopic (exact) mass is 381 g/mol. The van der Waals surface area contributed by atoms with Gasteiger partial charge in [0, 0.05) is 18.4 Å². The molecule has 22 heavy (non-hydrogen) atoms. The molecule has 6 heteroatoms. The van der Waals surface area contributed by atoms with Crippen LogP contribution in [0.5, 0.6) is 0 Å². The van der Waals surface area contributed by atoms with Crippen LogP contribution in [0, 0.1) is 0 Å². The van der Waals surface area contributed by atoms with Gasteiger partial charge in [0.15, 0.2) is 0 Å². The first-order chi connectivity index (χ1) is 10.1. The second-order valence-electron chi connectivity index (χ2n) is 5.16. The van der Waals surface area contributed by atoms with Crippen LogP contribution in [0.4, 0.5) is 5.69 Å². The van der Waals surface area contributed by atoms with Gasteiger partial charge < -0.3 is 10.6 Å². The minimum absolute atomic E-state index is 0. The van der Waals surface area contributed by atoms with E-state index < -0.39 is 0 Å². The Morgan fingerprint density at radius 3 is 2.91 bits per heavy atom. The molecule has 0 aliphatic carbocycles. The molecule has 0 fully saturated rings. The van der Waals surface area contributed by atoms with Gasteiger partial charge in [0.05, 0.1) is 11.6 Å². The van der Waals surface area contributed by atoms with E-state index in [2.05, 4.69) is 27.8 Å². The Labute approximate surface area is 145 Å². The Kier molecular flexibility index (Phi) is 5.42. The molecule has 0 bridgehead atoms. The summed E-state index contributed by atoms with van der Waals surface area (Å²) in [5.41, 5.74) is 4.11. The summed E-state index contributed by atoms with van der Waals surface area (Å²) >= 11 is 5.72. The van der Waals surface area contributed by atoms with E-state index in [0.29, 0.717) is 10.7 Å². The second-order valence-corrected chi connectivity index (χ2v) is 5.55. The molecule has 0 saturated carbocycles. The number of benzene rings is 1. The molecule has 0 unspecified atom stereocenters. The van der Waals surface area contributed by atoms with Crippen molar-refractivity contribution in [2.45, 2.75) is 19.4 Å². The zero-order valence-corrected chi connectivity index (χ0v) is 14.6. The van der Waals surface area contributed by atoms with Gasteiger partial charge >= 0.3 is 0 Å². The molecule has 2 heterocycles. The number of nitrogens with one attached hydrogen (secondary N) is 2. The van der Waals surface area contributed by atoms with Crippen LogP contribution in [0.3, 0.4) is 0 Å². The molecule has 1 amide bonds. The van der Waals surface area contributed by atoms with Crippen LogP contribution in [0.2, 0.25) is 5.15 Å². The Bertz CT molecular complexity index is 676. The van der Waals surface area contributed by atoms with Crippen LogP contribution in [0.1, 0.15) is 34.5 Å². The normalized spacial score (nSPS) is 13.5. The predicted molar refractivity (Wildman–Crippen MR) is 94.1 cm³/mol. The van der Waals surface area contributed by atoms with Gasteiger partial charge in [0.2, 0.25) is 0 Å². The average molecular weight is 383 g/mol. The summed E-state index contributed by atoms with van der Waals surface area (Å²) < 4.78 is 0. The quantitative estimate of drug-likeness (QED) is 0.795. The minimum Gasteiger partial charge on any atom is -0.384 e. The van der Waals surface area contributed by atoms with Crippen molar-refractivity contribution in [3.63, 3.8) is 0 Å². The van der Waals surface area contributed by atoms with Crippen LogP contribution < -0.4 is 10.6 Å². The van der Waals surface area contributed by atoms with E-state index in [1.807, 2.05) is 13.0 Å². The van der Waals surface area contributed by atoms with Crippen molar-refractivity contribution in [3.8, 4) is 0 Å². The van der Waals surface area contributed by atoms with Gasteiger partial charge in [-0.1, -0.05) is 23.7 Å². The van der Waals surface area contributed by atoms with Crippen LogP contribution in [0.15, 0.2) is 36.5 Å². The third-order valence-corrected chi connectivity index (χ3v) is 3.90. The van der Waals surface area contributed by atoms with Crippen molar-refractivity contribution >= 4 is 40.2 Å². The van der Waals surface area contributed by atoms with Crippen molar-refractivity contribution < 1.29 is 4.79 Å². The first-order valence-corrected chi connectivity index (χ1v) is 7.30. The van der Waals surface area contributed by atoms with E-state index in [-0.39, 0.29) is 28.9 Å². The summed E-state index contributed by atoms with van der Waals surface area (Å²) in [6.45, 7) is 2.96. The van der Waals surface area contributed by atoms with Gasteiger partial charge in [-0.15, -0.1) is 17.0 Å². The largest absolute Gasteiger partial charge is 0.384 e. The molecular weight excluding hydrogens is 366 g/mol. The summed E-state index contributed by atoms with van der Waals surface area (Å²) in [5.74, 6) is -0.148. The third-order valence-electron chi connectivity index (χ3n) is 3.68. The first kappa shape index (κ1) is 16.8. The fourth-order valence-electron chi connectivity index (χ4n) is 2.47. The predicted octanol–water partition coefficient (Wildman–Crippen LogP) is 3.77. The number of hydrogen-bond donors (Lipinski definition) is 2. The molecule has 2 N–H and O–H groups in total. The van der Waals surface area contributed by atoms with E-state index in [9.17, 15) is 4.79 Å². The van der Waals surface area contributed by atoms with Crippen molar-refractivity contribution in [3.05, 3.63) is 58.4 Å². The molecule has 1 aromatic heterocycles. The number of fused-ring (bicyclic) bond motifs is 1.